The Labute approximate surface area is 89.3 Å². The van der Waals surface area contributed by atoms with E-state index in [0.717, 1.165) is 12.2 Å². The zero-order valence-electron chi connectivity index (χ0n) is 8.66. The fraction of sp³-hybridized carbons (Fsp3) is 0.143. The first-order valence-electron chi connectivity index (χ1n) is 5.13. The van der Waals surface area contributed by atoms with Crippen LogP contribution >= 0.6 is 0 Å². The fourth-order valence-corrected chi connectivity index (χ4v) is 2.23. The van der Waals surface area contributed by atoms with E-state index in [4.69, 9.17) is 4.74 Å². The maximum absolute atomic E-state index is 5.25. The van der Waals surface area contributed by atoms with Crippen molar-refractivity contribution in [1.29, 1.82) is 0 Å². The number of ether oxygens (including phenoxy) is 1. The van der Waals surface area contributed by atoms with E-state index in [1.807, 2.05) is 6.07 Å². The molecule has 0 radical (unpaired) electrons. The van der Waals surface area contributed by atoms with Crippen molar-refractivity contribution in [2.75, 3.05) is 7.11 Å². The van der Waals surface area contributed by atoms with Crippen molar-refractivity contribution in [2.24, 2.45) is 0 Å². The predicted molar refractivity (Wildman–Crippen MR) is 61.2 cm³/mol. The molecule has 0 bridgehead atoms. The second-order valence-corrected chi connectivity index (χ2v) is 3.86. The first kappa shape index (κ1) is 8.54. The van der Waals surface area contributed by atoms with Crippen molar-refractivity contribution in [2.45, 2.75) is 6.42 Å². The van der Waals surface area contributed by atoms with Crippen molar-refractivity contribution in [3.63, 3.8) is 0 Å². The van der Waals surface area contributed by atoms with Gasteiger partial charge in [-0.2, -0.15) is 0 Å². The molecule has 0 spiro atoms. The second kappa shape index (κ2) is 3.13. The summed E-state index contributed by atoms with van der Waals surface area (Å²) in [6.07, 6.45) is 1.05. The van der Waals surface area contributed by atoms with E-state index < -0.39 is 0 Å². The predicted octanol–water partition coefficient (Wildman–Crippen LogP) is 3.27. The third-order valence-electron chi connectivity index (χ3n) is 3.01. The second-order valence-electron chi connectivity index (χ2n) is 3.86. The van der Waals surface area contributed by atoms with Crippen molar-refractivity contribution in [1.82, 2.24) is 0 Å². The van der Waals surface area contributed by atoms with E-state index in [1.54, 1.807) is 7.11 Å². The molecule has 0 heterocycles. The number of hydrogen-bond donors (Lipinski definition) is 0. The average Bonchev–Trinajstić information content (AvgIpc) is 2.66. The van der Waals surface area contributed by atoms with E-state index >= 15 is 0 Å². The van der Waals surface area contributed by atoms with Gasteiger partial charge in [0.05, 0.1) is 7.11 Å². The fourth-order valence-electron chi connectivity index (χ4n) is 2.23. The number of methoxy groups -OCH3 is 1. The minimum Gasteiger partial charge on any atom is -0.497 e. The summed E-state index contributed by atoms with van der Waals surface area (Å²) in [5.41, 5.74) is 5.49. The lowest BCUT2D eigenvalue weighted by molar-refractivity contribution is 0.415. The summed E-state index contributed by atoms with van der Waals surface area (Å²) in [5.74, 6) is 0.936. The highest BCUT2D eigenvalue weighted by atomic mass is 16.5. The van der Waals surface area contributed by atoms with Gasteiger partial charge in [0.25, 0.3) is 0 Å². The van der Waals surface area contributed by atoms with Crippen LogP contribution in [0, 0.1) is 0 Å². The highest BCUT2D eigenvalue weighted by Gasteiger charge is 2.17. The van der Waals surface area contributed by atoms with Gasteiger partial charge in [-0.1, -0.05) is 30.3 Å². The lowest BCUT2D eigenvalue weighted by Gasteiger charge is -2.03. The molecule has 74 valence electrons. The van der Waals surface area contributed by atoms with Gasteiger partial charge in [-0.25, -0.2) is 0 Å². The van der Waals surface area contributed by atoms with Gasteiger partial charge in [-0.3, -0.25) is 0 Å². The van der Waals surface area contributed by atoms with Gasteiger partial charge < -0.3 is 4.74 Å². The molecule has 1 aliphatic rings. The summed E-state index contributed by atoms with van der Waals surface area (Å²) in [6.45, 7) is 0. The van der Waals surface area contributed by atoms with Crippen LogP contribution in [0.15, 0.2) is 42.5 Å². The van der Waals surface area contributed by atoms with Crippen LogP contribution in [-0.4, -0.2) is 7.11 Å². The van der Waals surface area contributed by atoms with Gasteiger partial charge in [-0.15, -0.1) is 0 Å². The van der Waals surface area contributed by atoms with Gasteiger partial charge >= 0.3 is 0 Å². The molecule has 1 aliphatic carbocycles. The van der Waals surface area contributed by atoms with Crippen molar-refractivity contribution < 1.29 is 4.74 Å². The van der Waals surface area contributed by atoms with Crippen molar-refractivity contribution in [3.8, 4) is 16.9 Å². The molecule has 3 rings (SSSR count). The topological polar surface area (TPSA) is 9.23 Å². The number of hydrogen-bond acceptors (Lipinski definition) is 1. The van der Waals surface area contributed by atoms with E-state index in [2.05, 4.69) is 36.4 Å². The molecule has 0 fully saturated rings. The van der Waals surface area contributed by atoms with Crippen molar-refractivity contribution >= 4 is 0 Å². The molecular formula is C14H12O. The largest absolute Gasteiger partial charge is 0.497 e. The Bertz CT molecular complexity index is 514. The minimum absolute atomic E-state index is 0.936. The van der Waals surface area contributed by atoms with Crippen LogP contribution in [0.3, 0.4) is 0 Å². The molecule has 0 saturated heterocycles. The normalized spacial score (nSPS) is 12.1. The minimum atomic E-state index is 0.936. The Morgan fingerprint density at radius 2 is 1.73 bits per heavy atom. The Morgan fingerprint density at radius 3 is 2.60 bits per heavy atom. The van der Waals surface area contributed by atoms with Crippen LogP contribution in [0.2, 0.25) is 0 Å². The number of fused-ring (bicyclic) bond motifs is 3. The molecule has 0 amide bonds. The highest BCUT2D eigenvalue weighted by molar-refractivity contribution is 5.77. The first-order valence-corrected chi connectivity index (χ1v) is 5.13. The zero-order chi connectivity index (χ0) is 10.3. The summed E-state index contributed by atoms with van der Waals surface area (Å²) < 4.78 is 5.25. The zero-order valence-corrected chi connectivity index (χ0v) is 8.66. The van der Waals surface area contributed by atoms with Gasteiger partial charge in [0, 0.05) is 0 Å². The van der Waals surface area contributed by atoms with Gasteiger partial charge in [0.1, 0.15) is 5.75 Å². The van der Waals surface area contributed by atoms with Crippen LogP contribution in [0.25, 0.3) is 11.1 Å². The number of rotatable bonds is 1. The molecule has 0 saturated carbocycles. The molecule has 2 aromatic carbocycles. The summed E-state index contributed by atoms with van der Waals surface area (Å²) in [6, 6.07) is 14.9. The summed E-state index contributed by atoms with van der Waals surface area (Å²) in [4.78, 5) is 0. The van der Waals surface area contributed by atoms with Gasteiger partial charge in [0.15, 0.2) is 0 Å². The maximum Gasteiger partial charge on any atom is 0.119 e. The molecule has 15 heavy (non-hydrogen) atoms. The lowest BCUT2D eigenvalue weighted by atomic mass is 10.1. The molecule has 0 aromatic heterocycles. The lowest BCUT2D eigenvalue weighted by Crippen LogP contribution is -1.84. The Balaban J connectivity index is 2.22. The van der Waals surface area contributed by atoms with Crippen LogP contribution in [0.4, 0.5) is 0 Å². The first-order chi connectivity index (χ1) is 7.38. The maximum atomic E-state index is 5.25. The number of benzene rings is 2. The van der Waals surface area contributed by atoms with Gasteiger partial charge in [0.2, 0.25) is 0 Å². The highest BCUT2D eigenvalue weighted by Crippen LogP contribution is 2.38. The molecule has 1 nitrogen and oxygen atoms in total. The Kier molecular flexibility index (Phi) is 1.78. The van der Waals surface area contributed by atoms with E-state index in [-0.39, 0.29) is 0 Å². The molecule has 0 atom stereocenters. The smallest absolute Gasteiger partial charge is 0.119 e. The summed E-state index contributed by atoms with van der Waals surface area (Å²) in [7, 11) is 1.71. The van der Waals surface area contributed by atoms with E-state index in [1.165, 1.54) is 22.3 Å². The molecule has 1 heteroatoms. The molecular weight excluding hydrogens is 184 g/mol. The van der Waals surface area contributed by atoms with Crippen LogP contribution in [0.1, 0.15) is 11.1 Å². The van der Waals surface area contributed by atoms with Crippen LogP contribution in [0.5, 0.6) is 5.75 Å². The molecule has 0 aliphatic heterocycles. The SMILES string of the molecule is COc1ccc2c(c1)-c1ccccc1C2. The monoisotopic (exact) mass is 196 g/mol. The van der Waals surface area contributed by atoms with Crippen LogP contribution < -0.4 is 4.74 Å². The van der Waals surface area contributed by atoms with Crippen molar-refractivity contribution in [3.05, 3.63) is 53.6 Å². The summed E-state index contributed by atoms with van der Waals surface area (Å²) in [5, 5.41) is 0. The van der Waals surface area contributed by atoms with E-state index in [9.17, 15) is 0 Å². The van der Waals surface area contributed by atoms with E-state index in [0.29, 0.717) is 0 Å². The molecule has 0 N–H and O–H groups in total. The Hall–Kier alpha value is -1.76. The standard InChI is InChI=1S/C14H12O/c1-15-12-7-6-11-8-10-4-2-3-5-13(10)14(11)9-12/h2-7,9H,8H2,1H3. The third kappa shape index (κ3) is 1.23. The van der Waals surface area contributed by atoms with Crippen LogP contribution in [-0.2, 0) is 6.42 Å². The quantitative estimate of drug-likeness (QED) is 0.580. The third-order valence-corrected chi connectivity index (χ3v) is 3.01. The summed E-state index contributed by atoms with van der Waals surface area (Å²) >= 11 is 0. The van der Waals surface area contributed by atoms with Gasteiger partial charge in [-0.05, 0) is 40.8 Å². The molecule has 0 unspecified atom stereocenters. The average molecular weight is 196 g/mol. The Morgan fingerprint density at radius 1 is 0.933 bits per heavy atom. The molecule has 2 aromatic rings.